The minimum atomic E-state index is 0.383. The predicted octanol–water partition coefficient (Wildman–Crippen LogP) is 3.97. The number of anilines is 1. The molecule has 0 spiro atoms. The van der Waals surface area contributed by atoms with E-state index in [0.29, 0.717) is 5.92 Å². The van der Waals surface area contributed by atoms with E-state index in [1.165, 1.54) is 11.1 Å². The zero-order chi connectivity index (χ0) is 17.5. The number of benzene rings is 1. The molecule has 0 radical (unpaired) electrons. The maximum absolute atomic E-state index is 4.69. The lowest BCUT2D eigenvalue weighted by Gasteiger charge is -2.34. The fourth-order valence-corrected chi connectivity index (χ4v) is 4.09. The van der Waals surface area contributed by atoms with E-state index >= 15 is 0 Å². The SMILES string of the molecule is Cc1cc(N2CCCC(c3nnc4ccccn34)C2)c2ccccc2n1. The summed E-state index contributed by atoms with van der Waals surface area (Å²) in [5.74, 6) is 1.45. The van der Waals surface area contributed by atoms with Gasteiger partial charge in [-0.2, -0.15) is 0 Å². The standard InChI is InChI=1S/C21H21N5/c1-15-13-19(17-8-2-3-9-18(17)22-15)25-11-6-7-16(14-25)21-24-23-20-10-4-5-12-26(20)21/h2-5,8-10,12-13,16H,6-7,11,14H2,1H3. The van der Waals surface area contributed by atoms with Crippen molar-refractivity contribution in [2.75, 3.05) is 18.0 Å². The summed E-state index contributed by atoms with van der Waals surface area (Å²) in [5, 5.41) is 10.1. The third kappa shape index (κ3) is 2.51. The molecule has 1 aliphatic heterocycles. The number of rotatable bonds is 2. The van der Waals surface area contributed by atoms with Crippen LogP contribution < -0.4 is 4.90 Å². The molecule has 5 heteroatoms. The first-order valence-electron chi connectivity index (χ1n) is 9.20. The molecular formula is C21H21N5. The van der Waals surface area contributed by atoms with Crippen molar-refractivity contribution in [3.63, 3.8) is 0 Å². The summed E-state index contributed by atoms with van der Waals surface area (Å²) in [6, 6.07) is 16.7. The highest BCUT2D eigenvalue weighted by Gasteiger charge is 2.26. The summed E-state index contributed by atoms with van der Waals surface area (Å²) < 4.78 is 2.13. The second-order valence-electron chi connectivity index (χ2n) is 7.07. The van der Waals surface area contributed by atoms with Crippen LogP contribution in [0, 0.1) is 6.92 Å². The molecule has 1 saturated heterocycles. The Hall–Kier alpha value is -2.95. The van der Waals surface area contributed by atoms with Gasteiger partial charge in [0.1, 0.15) is 5.82 Å². The van der Waals surface area contributed by atoms with Crippen LogP contribution >= 0.6 is 0 Å². The van der Waals surface area contributed by atoms with E-state index in [1.54, 1.807) is 0 Å². The number of hydrogen-bond acceptors (Lipinski definition) is 4. The molecular weight excluding hydrogens is 322 g/mol. The fraction of sp³-hybridized carbons (Fsp3) is 0.286. The van der Waals surface area contributed by atoms with Gasteiger partial charge in [0.25, 0.3) is 0 Å². The van der Waals surface area contributed by atoms with Gasteiger partial charge in [0, 0.05) is 42.0 Å². The zero-order valence-electron chi connectivity index (χ0n) is 14.8. The molecule has 0 amide bonds. The van der Waals surface area contributed by atoms with Crippen LogP contribution in [0.3, 0.4) is 0 Å². The molecule has 1 fully saturated rings. The summed E-state index contributed by atoms with van der Waals surface area (Å²) in [4.78, 5) is 7.18. The Kier molecular flexibility index (Phi) is 3.59. The summed E-state index contributed by atoms with van der Waals surface area (Å²) in [5.41, 5.74) is 4.34. The van der Waals surface area contributed by atoms with Gasteiger partial charge in [-0.3, -0.25) is 9.38 Å². The largest absolute Gasteiger partial charge is 0.370 e. The average molecular weight is 343 g/mol. The quantitative estimate of drug-likeness (QED) is 0.552. The molecule has 0 saturated carbocycles. The van der Waals surface area contributed by atoms with Gasteiger partial charge in [-0.1, -0.05) is 24.3 Å². The highest BCUT2D eigenvalue weighted by molar-refractivity contribution is 5.92. The number of hydrogen-bond donors (Lipinski definition) is 0. The second-order valence-corrected chi connectivity index (χ2v) is 7.07. The molecule has 1 aliphatic rings. The summed E-state index contributed by atoms with van der Waals surface area (Å²) in [7, 11) is 0. The van der Waals surface area contributed by atoms with Crippen LogP contribution in [-0.4, -0.2) is 32.7 Å². The summed E-state index contributed by atoms with van der Waals surface area (Å²) >= 11 is 0. The normalized spacial score (nSPS) is 17.9. The lowest BCUT2D eigenvalue weighted by molar-refractivity contribution is 0.489. The van der Waals surface area contributed by atoms with Gasteiger partial charge in [-0.15, -0.1) is 10.2 Å². The Morgan fingerprint density at radius 1 is 1.04 bits per heavy atom. The van der Waals surface area contributed by atoms with Crippen LogP contribution in [0.25, 0.3) is 16.6 Å². The van der Waals surface area contributed by atoms with Crippen molar-refractivity contribution in [3.05, 3.63) is 66.2 Å². The maximum Gasteiger partial charge on any atom is 0.160 e. The molecule has 0 aliphatic carbocycles. The average Bonchev–Trinajstić information content (AvgIpc) is 3.11. The molecule has 1 atom stereocenters. The van der Waals surface area contributed by atoms with E-state index in [1.807, 2.05) is 18.2 Å². The van der Waals surface area contributed by atoms with Crippen LogP contribution in [0.2, 0.25) is 0 Å². The Morgan fingerprint density at radius 3 is 2.88 bits per heavy atom. The first-order chi connectivity index (χ1) is 12.8. The van der Waals surface area contributed by atoms with E-state index in [4.69, 9.17) is 0 Å². The molecule has 130 valence electrons. The molecule has 1 unspecified atom stereocenters. The minimum Gasteiger partial charge on any atom is -0.370 e. The fourth-order valence-electron chi connectivity index (χ4n) is 4.09. The first kappa shape index (κ1) is 15.3. The third-order valence-electron chi connectivity index (χ3n) is 5.29. The van der Waals surface area contributed by atoms with Gasteiger partial charge in [0.15, 0.2) is 5.65 Å². The van der Waals surface area contributed by atoms with E-state index in [0.717, 1.165) is 48.6 Å². The molecule has 0 N–H and O–H groups in total. The van der Waals surface area contributed by atoms with Crippen LogP contribution in [0.4, 0.5) is 5.69 Å². The molecule has 26 heavy (non-hydrogen) atoms. The van der Waals surface area contributed by atoms with E-state index in [9.17, 15) is 0 Å². The number of nitrogens with zero attached hydrogens (tertiary/aromatic N) is 5. The molecule has 3 aromatic heterocycles. The molecule has 5 rings (SSSR count). The molecule has 0 bridgehead atoms. The third-order valence-corrected chi connectivity index (χ3v) is 5.29. The molecule has 1 aromatic carbocycles. The molecule has 5 nitrogen and oxygen atoms in total. The van der Waals surface area contributed by atoms with Gasteiger partial charge in [0.2, 0.25) is 0 Å². The number of aromatic nitrogens is 4. The van der Waals surface area contributed by atoms with Crippen molar-refractivity contribution in [3.8, 4) is 0 Å². The Balaban J connectivity index is 1.54. The highest BCUT2D eigenvalue weighted by Crippen LogP contribution is 2.33. The van der Waals surface area contributed by atoms with Gasteiger partial charge in [-0.25, -0.2) is 0 Å². The number of piperidine rings is 1. The Labute approximate surface area is 152 Å². The Morgan fingerprint density at radius 2 is 1.92 bits per heavy atom. The van der Waals surface area contributed by atoms with Gasteiger partial charge in [0.05, 0.1) is 5.52 Å². The minimum absolute atomic E-state index is 0.383. The van der Waals surface area contributed by atoms with Crippen LogP contribution in [0.5, 0.6) is 0 Å². The highest BCUT2D eigenvalue weighted by atomic mass is 15.3. The number of aryl methyl sites for hydroxylation is 1. The van der Waals surface area contributed by atoms with Gasteiger partial charge >= 0.3 is 0 Å². The number of pyridine rings is 2. The van der Waals surface area contributed by atoms with Crippen molar-refractivity contribution in [1.29, 1.82) is 0 Å². The molecule has 4 heterocycles. The number of fused-ring (bicyclic) bond motifs is 2. The predicted molar refractivity (Wildman–Crippen MR) is 104 cm³/mol. The summed E-state index contributed by atoms with van der Waals surface area (Å²) in [6.45, 7) is 4.10. The van der Waals surface area contributed by atoms with Crippen LogP contribution in [0.15, 0.2) is 54.7 Å². The topological polar surface area (TPSA) is 46.3 Å². The van der Waals surface area contributed by atoms with Crippen molar-refractivity contribution >= 4 is 22.2 Å². The second kappa shape index (κ2) is 6.09. The van der Waals surface area contributed by atoms with E-state index in [2.05, 4.69) is 67.9 Å². The van der Waals surface area contributed by atoms with Crippen molar-refractivity contribution in [2.24, 2.45) is 0 Å². The van der Waals surface area contributed by atoms with Crippen molar-refractivity contribution < 1.29 is 0 Å². The lowest BCUT2D eigenvalue weighted by Crippen LogP contribution is -2.35. The maximum atomic E-state index is 4.69. The molecule has 4 aromatic rings. The van der Waals surface area contributed by atoms with E-state index in [-0.39, 0.29) is 0 Å². The van der Waals surface area contributed by atoms with E-state index < -0.39 is 0 Å². The first-order valence-corrected chi connectivity index (χ1v) is 9.20. The van der Waals surface area contributed by atoms with Crippen molar-refractivity contribution in [1.82, 2.24) is 19.6 Å². The smallest absolute Gasteiger partial charge is 0.160 e. The zero-order valence-corrected chi connectivity index (χ0v) is 14.8. The van der Waals surface area contributed by atoms with Crippen LogP contribution in [0.1, 0.15) is 30.3 Å². The lowest BCUT2D eigenvalue weighted by atomic mass is 9.96. The van der Waals surface area contributed by atoms with Gasteiger partial charge in [-0.05, 0) is 44.0 Å². The Bertz CT molecular complexity index is 1080. The van der Waals surface area contributed by atoms with Gasteiger partial charge < -0.3 is 4.90 Å². The summed E-state index contributed by atoms with van der Waals surface area (Å²) in [6.07, 6.45) is 4.37. The monoisotopic (exact) mass is 343 g/mol. The van der Waals surface area contributed by atoms with Crippen LogP contribution in [-0.2, 0) is 0 Å². The number of para-hydroxylation sites is 1. The van der Waals surface area contributed by atoms with Crippen molar-refractivity contribution in [2.45, 2.75) is 25.7 Å².